The molecule has 24 heavy (non-hydrogen) atoms. The summed E-state index contributed by atoms with van der Waals surface area (Å²) >= 11 is 0. The van der Waals surface area contributed by atoms with Crippen molar-refractivity contribution in [2.45, 2.75) is 46.1 Å². The van der Waals surface area contributed by atoms with Gasteiger partial charge in [0.15, 0.2) is 0 Å². The van der Waals surface area contributed by atoms with Crippen LogP contribution in [0.15, 0.2) is 37.1 Å². The highest BCUT2D eigenvalue weighted by molar-refractivity contribution is 6.01. The topological polar surface area (TPSA) is 60.2 Å². The molecule has 1 aromatic carbocycles. The average Bonchev–Trinajstić information content (AvgIpc) is 3.19. The lowest BCUT2D eigenvalue weighted by Gasteiger charge is -2.21. The summed E-state index contributed by atoms with van der Waals surface area (Å²) in [5, 5.41) is 8.36. The van der Waals surface area contributed by atoms with Gasteiger partial charge in [-0.2, -0.15) is 0 Å². The lowest BCUT2D eigenvalue weighted by atomic mass is 10.1. The molecule has 0 spiro atoms. The van der Waals surface area contributed by atoms with Gasteiger partial charge in [-0.3, -0.25) is 4.79 Å². The van der Waals surface area contributed by atoms with Crippen LogP contribution in [0.1, 0.15) is 37.6 Å². The summed E-state index contributed by atoms with van der Waals surface area (Å²) in [4.78, 5) is 14.0. The Labute approximate surface area is 141 Å². The van der Waals surface area contributed by atoms with Gasteiger partial charge in [0.1, 0.15) is 5.69 Å². The van der Waals surface area contributed by atoms with Crippen molar-refractivity contribution in [3.63, 3.8) is 0 Å². The molecule has 0 saturated heterocycles. The van der Waals surface area contributed by atoms with Crippen LogP contribution < -0.4 is 4.90 Å². The first-order chi connectivity index (χ1) is 11.4. The first-order valence-electron chi connectivity index (χ1n) is 7.93. The average molecular weight is 326 g/mol. The Morgan fingerprint density at radius 1 is 1.38 bits per heavy atom. The molecule has 6 heteroatoms. The summed E-state index contributed by atoms with van der Waals surface area (Å²) < 4.78 is 7.25. The number of aromatic nitrogens is 3. The molecule has 0 aliphatic carbocycles. The van der Waals surface area contributed by atoms with Gasteiger partial charge in [0.25, 0.3) is 5.91 Å². The van der Waals surface area contributed by atoms with Gasteiger partial charge in [-0.25, -0.2) is 4.68 Å². The molecule has 3 rings (SSSR count). The van der Waals surface area contributed by atoms with Crippen molar-refractivity contribution in [3.8, 4) is 0 Å². The van der Waals surface area contributed by atoms with E-state index in [0.717, 1.165) is 16.9 Å². The van der Waals surface area contributed by atoms with E-state index < -0.39 is 0 Å². The second-order valence-corrected chi connectivity index (χ2v) is 6.90. The smallest absolute Gasteiger partial charge is 0.250 e. The number of benzene rings is 1. The highest BCUT2D eigenvalue weighted by Crippen LogP contribution is 2.26. The maximum atomic E-state index is 12.3. The molecule has 0 radical (unpaired) electrons. The molecule has 0 unspecified atom stereocenters. The highest BCUT2D eigenvalue weighted by atomic mass is 16.5. The molecular weight excluding hydrogens is 304 g/mol. The summed E-state index contributed by atoms with van der Waals surface area (Å²) in [5.41, 5.74) is 3.69. The van der Waals surface area contributed by atoms with Crippen LogP contribution in [0.3, 0.4) is 0 Å². The fourth-order valence-corrected chi connectivity index (χ4v) is 2.59. The van der Waals surface area contributed by atoms with Crippen LogP contribution in [0.5, 0.6) is 0 Å². The van der Waals surface area contributed by atoms with Crippen LogP contribution in [0.4, 0.5) is 5.69 Å². The highest BCUT2D eigenvalue weighted by Gasteiger charge is 2.20. The molecule has 0 atom stereocenters. The number of hydrogen-bond acceptors (Lipinski definition) is 4. The summed E-state index contributed by atoms with van der Waals surface area (Å²) in [6.07, 6.45) is 3.19. The maximum absolute atomic E-state index is 12.3. The number of fused-ring (bicyclic) bond motifs is 1. The Morgan fingerprint density at radius 2 is 2.12 bits per heavy atom. The van der Waals surface area contributed by atoms with E-state index in [4.69, 9.17) is 4.74 Å². The Kier molecular flexibility index (Phi) is 4.24. The number of nitrogens with zero attached hydrogens (tertiary/aromatic N) is 4. The minimum Gasteiger partial charge on any atom is -0.372 e. The van der Waals surface area contributed by atoms with Gasteiger partial charge in [0.2, 0.25) is 0 Å². The zero-order valence-electron chi connectivity index (χ0n) is 14.3. The molecule has 6 nitrogen and oxygen atoms in total. The second-order valence-electron chi connectivity index (χ2n) is 6.90. The molecule has 0 N–H and O–H groups in total. The van der Waals surface area contributed by atoms with Crippen LogP contribution in [-0.4, -0.2) is 20.9 Å². The Bertz CT molecular complexity index is 774. The third kappa shape index (κ3) is 3.23. The van der Waals surface area contributed by atoms with Gasteiger partial charge >= 0.3 is 0 Å². The predicted octanol–water partition coefficient (Wildman–Crippen LogP) is 2.78. The van der Waals surface area contributed by atoms with Gasteiger partial charge in [-0.05, 0) is 50.1 Å². The van der Waals surface area contributed by atoms with Crippen molar-refractivity contribution < 1.29 is 9.53 Å². The van der Waals surface area contributed by atoms with Crippen LogP contribution in [0.2, 0.25) is 0 Å². The normalized spacial score (nSPS) is 13.6. The molecule has 0 bridgehead atoms. The third-order valence-electron chi connectivity index (χ3n) is 4.01. The summed E-state index contributed by atoms with van der Waals surface area (Å²) in [6, 6.07) is 5.94. The van der Waals surface area contributed by atoms with Crippen LogP contribution >= 0.6 is 0 Å². The molecule has 1 amide bonds. The molecule has 126 valence electrons. The molecule has 0 saturated carbocycles. The molecule has 1 aromatic heterocycles. The van der Waals surface area contributed by atoms with Crippen molar-refractivity contribution >= 4 is 11.6 Å². The lowest BCUT2D eigenvalue weighted by molar-refractivity contribution is -0.114. The van der Waals surface area contributed by atoms with Crippen molar-refractivity contribution in [2.24, 2.45) is 0 Å². The maximum Gasteiger partial charge on any atom is 0.250 e. The number of anilines is 1. The molecule has 1 aliphatic heterocycles. The van der Waals surface area contributed by atoms with Crippen molar-refractivity contribution in [2.75, 3.05) is 4.90 Å². The van der Waals surface area contributed by atoms with E-state index in [1.54, 1.807) is 9.58 Å². The van der Waals surface area contributed by atoms with Gasteiger partial charge < -0.3 is 9.64 Å². The third-order valence-corrected chi connectivity index (χ3v) is 4.01. The molecule has 2 heterocycles. The van der Waals surface area contributed by atoms with Gasteiger partial charge in [0, 0.05) is 5.69 Å². The fraction of sp³-hybridized carbons (Fsp3) is 0.389. The van der Waals surface area contributed by atoms with E-state index in [1.807, 2.05) is 24.4 Å². The van der Waals surface area contributed by atoms with E-state index in [-0.39, 0.29) is 11.4 Å². The molecule has 0 fully saturated rings. The molecule has 1 aliphatic rings. The minimum absolute atomic E-state index is 0.149. The number of carbonyl (C=O) groups is 1. The van der Waals surface area contributed by atoms with Gasteiger partial charge in [0.05, 0.1) is 31.5 Å². The minimum atomic E-state index is -0.167. The van der Waals surface area contributed by atoms with Crippen LogP contribution in [-0.2, 0) is 34.8 Å². The van der Waals surface area contributed by atoms with E-state index in [1.165, 1.54) is 11.6 Å². The predicted molar refractivity (Wildman–Crippen MR) is 91.3 cm³/mol. The summed E-state index contributed by atoms with van der Waals surface area (Å²) in [6.45, 7) is 11.3. The second kappa shape index (κ2) is 6.20. The van der Waals surface area contributed by atoms with E-state index in [2.05, 4.69) is 37.7 Å². The van der Waals surface area contributed by atoms with E-state index in [0.29, 0.717) is 19.8 Å². The summed E-state index contributed by atoms with van der Waals surface area (Å²) in [5.74, 6) is -0.167. The quantitative estimate of drug-likeness (QED) is 0.811. The lowest BCUT2D eigenvalue weighted by Crippen LogP contribution is -2.29. The number of carbonyl (C=O) groups excluding carboxylic acids is 1. The zero-order valence-corrected chi connectivity index (χ0v) is 14.3. The van der Waals surface area contributed by atoms with E-state index in [9.17, 15) is 4.79 Å². The fourth-order valence-electron chi connectivity index (χ4n) is 2.59. The van der Waals surface area contributed by atoms with Crippen molar-refractivity contribution in [1.82, 2.24) is 15.0 Å². The van der Waals surface area contributed by atoms with Gasteiger partial charge in [-0.15, -0.1) is 5.10 Å². The van der Waals surface area contributed by atoms with Crippen molar-refractivity contribution in [3.05, 3.63) is 53.9 Å². The Hall–Kier alpha value is -2.47. The van der Waals surface area contributed by atoms with E-state index >= 15 is 0 Å². The standard InChI is InChI=1S/C18H22N4O2/c1-5-17(23)21(9-15-10-22(20-19-15)18(2,3)4)16-7-6-13-11-24-12-14(13)8-16/h5-8,10H,1,9,11-12H2,2-4H3. The number of hydrogen-bond donors (Lipinski definition) is 0. The SMILES string of the molecule is C=CC(=O)N(Cc1cn(C(C)(C)C)nn1)c1ccc2c(c1)COC2. The zero-order chi connectivity index (χ0) is 17.3. The van der Waals surface area contributed by atoms with Crippen molar-refractivity contribution in [1.29, 1.82) is 0 Å². The van der Waals surface area contributed by atoms with Crippen LogP contribution in [0.25, 0.3) is 0 Å². The Balaban J connectivity index is 1.89. The molecule has 2 aromatic rings. The number of rotatable bonds is 4. The summed E-state index contributed by atoms with van der Waals surface area (Å²) in [7, 11) is 0. The number of ether oxygens (including phenoxy) is 1. The first kappa shape index (κ1) is 16.4. The monoisotopic (exact) mass is 326 g/mol. The molecular formula is C18H22N4O2. The first-order valence-corrected chi connectivity index (χ1v) is 7.93. The Morgan fingerprint density at radius 3 is 2.79 bits per heavy atom. The number of amides is 1. The largest absolute Gasteiger partial charge is 0.372 e. The van der Waals surface area contributed by atoms with Crippen LogP contribution in [0, 0.1) is 0 Å². The van der Waals surface area contributed by atoms with Gasteiger partial charge in [-0.1, -0.05) is 17.9 Å².